The summed E-state index contributed by atoms with van der Waals surface area (Å²) in [5.74, 6) is 2.01. The van der Waals surface area contributed by atoms with E-state index in [1.54, 1.807) is 18.4 Å². The molecule has 0 bridgehead atoms. The van der Waals surface area contributed by atoms with Crippen molar-refractivity contribution in [3.63, 3.8) is 0 Å². The van der Waals surface area contributed by atoms with Crippen LogP contribution in [0.25, 0.3) is 0 Å². The highest BCUT2D eigenvalue weighted by molar-refractivity contribution is 7.09. The van der Waals surface area contributed by atoms with Crippen LogP contribution in [0.4, 0.5) is 0 Å². The van der Waals surface area contributed by atoms with Gasteiger partial charge in [-0.25, -0.2) is 9.97 Å². The second-order valence-electron chi connectivity index (χ2n) is 6.05. The number of fused-ring (bicyclic) bond motifs is 1. The van der Waals surface area contributed by atoms with Gasteiger partial charge < -0.3 is 9.30 Å². The molecule has 6 heteroatoms. The molecule has 0 N–H and O–H groups in total. The second kappa shape index (κ2) is 6.37. The van der Waals surface area contributed by atoms with Crippen LogP contribution < -0.4 is 4.74 Å². The molecular weight excluding hydrogens is 320 g/mol. The molecule has 1 aliphatic rings. The Balaban J connectivity index is 1.67. The van der Waals surface area contributed by atoms with Crippen LogP contribution in [-0.4, -0.2) is 26.5 Å². The van der Waals surface area contributed by atoms with Gasteiger partial charge in [0, 0.05) is 30.9 Å². The average molecular weight is 340 g/mol. The van der Waals surface area contributed by atoms with Crippen molar-refractivity contribution < 1.29 is 4.74 Å². The molecular formula is C18H20N4OS. The highest BCUT2D eigenvalue weighted by Crippen LogP contribution is 2.32. The Hall–Kier alpha value is -2.18. The fourth-order valence-corrected chi connectivity index (χ4v) is 3.88. The van der Waals surface area contributed by atoms with Gasteiger partial charge in [-0.15, -0.1) is 11.3 Å². The molecule has 0 radical (unpaired) electrons. The van der Waals surface area contributed by atoms with Crippen molar-refractivity contribution >= 4 is 11.3 Å². The third kappa shape index (κ3) is 2.95. The van der Waals surface area contributed by atoms with Crippen LogP contribution >= 0.6 is 11.3 Å². The predicted molar refractivity (Wildman–Crippen MR) is 94.1 cm³/mol. The molecule has 1 aliphatic heterocycles. The molecule has 0 spiro atoms. The molecule has 3 aromatic rings. The first-order valence-corrected chi connectivity index (χ1v) is 8.90. The molecule has 0 fully saturated rings. The lowest BCUT2D eigenvalue weighted by Crippen LogP contribution is -2.36. The predicted octanol–water partition coefficient (Wildman–Crippen LogP) is 3.41. The lowest BCUT2D eigenvalue weighted by atomic mass is 10.0. The molecule has 1 atom stereocenters. The van der Waals surface area contributed by atoms with Gasteiger partial charge in [0.1, 0.15) is 11.6 Å². The van der Waals surface area contributed by atoms with E-state index in [0.29, 0.717) is 0 Å². The van der Waals surface area contributed by atoms with Gasteiger partial charge in [-0.05, 0) is 24.6 Å². The number of imidazole rings is 1. The van der Waals surface area contributed by atoms with Crippen LogP contribution in [0.2, 0.25) is 0 Å². The fraction of sp³-hybridized carbons (Fsp3) is 0.333. The molecule has 0 unspecified atom stereocenters. The van der Waals surface area contributed by atoms with Gasteiger partial charge in [-0.1, -0.05) is 12.1 Å². The lowest BCUT2D eigenvalue weighted by molar-refractivity contribution is 0.126. The van der Waals surface area contributed by atoms with Gasteiger partial charge >= 0.3 is 0 Å². The number of aryl methyl sites for hydroxylation is 1. The van der Waals surface area contributed by atoms with Gasteiger partial charge in [0.05, 0.1) is 30.4 Å². The minimum atomic E-state index is 0.281. The average Bonchev–Trinajstić information content (AvgIpc) is 3.22. The van der Waals surface area contributed by atoms with Crippen LogP contribution in [0.3, 0.4) is 0 Å². The maximum Gasteiger partial charge on any atom is 0.122 e. The normalized spacial score (nSPS) is 17.7. The summed E-state index contributed by atoms with van der Waals surface area (Å²) in [4.78, 5) is 11.6. The Morgan fingerprint density at radius 2 is 2.29 bits per heavy atom. The molecule has 0 saturated carbocycles. The van der Waals surface area contributed by atoms with Gasteiger partial charge in [-0.3, -0.25) is 4.90 Å². The zero-order chi connectivity index (χ0) is 16.5. The summed E-state index contributed by atoms with van der Waals surface area (Å²) in [6.07, 6.45) is 3.95. The second-order valence-corrected chi connectivity index (χ2v) is 7.11. The number of ether oxygens (including phenoxy) is 1. The molecule has 0 amide bonds. The van der Waals surface area contributed by atoms with Crippen molar-refractivity contribution in [2.75, 3.05) is 7.11 Å². The minimum Gasteiger partial charge on any atom is -0.497 e. The van der Waals surface area contributed by atoms with E-state index in [1.165, 1.54) is 5.56 Å². The summed E-state index contributed by atoms with van der Waals surface area (Å²) in [6.45, 7) is 4.60. The van der Waals surface area contributed by atoms with Crippen molar-refractivity contribution in [1.29, 1.82) is 0 Å². The van der Waals surface area contributed by atoms with Gasteiger partial charge in [-0.2, -0.15) is 0 Å². The minimum absolute atomic E-state index is 0.281. The summed E-state index contributed by atoms with van der Waals surface area (Å²) >= 11 is 1.70. The molecule has 0 aliphatic carbocycles. The Kier molecular flexibility index (Phi) is 4.08. The fourth-order valence-electron chi connectivity index (χ4n) is 3.27. The van der Waals surface area contributed by atoms with E-state index in [2.05, 4.69) is 56.1 Å². The van der Waals surface area contributed by atoms with Crippen molar-refractivity contribution in [2.45, 2.75) is 32.6 Å². The van der Waals surface area contributed by atoms with E-state index in [9.17, 15) is 0 Å². The number of aromatic nitrogens is 3. The summed E-state index contributed by atoms with van der Waals surface area (Å²) in [6, 6.07) is 8.63. The quantitative estimate of drug-likeness (QED) is 0.730. The Morgan fingerprint density at radius 1 is 1.38 bits per heavy atom. The summed E-state index contributed by atoms with van der Waals surface area (Å²) < 4.78 is 7.65. The maximum atomic E-state index is 5.41. The SMILES string of the molecule is COc1cccc([C@@H]2Cn3ccnc3CN2Cc2csc(C)n2)c1. The van der Waals surface area contributed by atoms with E-state index in [-0.39, 0.29) is 6.04 Å². The smallest absolute Gasteiger partial charge is 0.122 e. The number of hydrogen-bond donors (Lipinski definition) is 0. The van der Waals surface area contributed by atoms with Crippen LogP contribution in [0.15, 0.2) is 42.0 Å². The number of thiazole rings is 1. The zero-order valence-electron chi connectivity index (χ0n) is 13.8. The molecule has 1 aromatic carbocycles. The number of methoxy groups -OCH3 is 1. The molecule has 2 aromatic heterocycles. The van der Waals surface area contributed by atoms with Crippen LogP contribution in [-0.2, 0) is 19.6 Å². The maximum absolute atomic E-state index is 5.41. The van der Waals surface area contributed by atoms with E-state index in [4.69, 9.17) is 4.74 Å². The summed E-state index contributed by atoms with van der Waals surface area (Å²) in [5, 5.41) is 3.26. The van der Waals surface area contributed by atoms with E-state index in [0.717, 1.165) is 41.9 Å². The number of hydrogen-bond acceptors (Lipinski definition) is 5. The van der Waals surface area contributed by atoms with Crippen molar-refractivity contribution in [3.8, 4) is 5.75 Å². The van der Waals surface area contributed by atoms with Crippen molar-refractivity contribution in [3.05, 3.63) is 64.1 Å². The van der Waals surface area contributed by atoms with E-state index >= 15 is 0 Å². The summed E-state index contributed by atoms with van der Waals surface area (Å²) in [5.41, 5.74) is 2.39. The van der Waals surface area contributed by atoms with Crippen molar-refractivity contribution in [2.24, 2.45) is 0 Å². The molecule has 4 rings (SSSR count). The first-order valence-electron chi connectivity index (χ1n) is 8.02. The lowest BCUT2D eigenvalue weighted by Gasteiger charge is -2.36. The number of benzene rings is 1. The third-order valence-electron chi connectivity index (χ3n) is 4.47. The Labute approximate surface area is 145 Å². The number of nitrogens with zero attached hydrogens (tertiary/aromatic N) is 4. The van der Waals surface area contributed by atoms with Gasteiger partial charge in [0.15, 0.2) is 0 Å². The Bertz CT molecular complexity index is 841. The highest BCUT2D eigenvalue weighted by atomic mass is 32.1. The van der Waals surface area contributed by atoms with E-state index in [1.807, 2.05) is 12.3 Å². The van der Waals surface area contributed by atoms with Crippen LogP contribution in [0, 0.1) is 6.92 Å². The first kappa shape index (κ1) is 15.4. The molecule has 24 heavy (non-hydrogen) atoms. The van der Waals surface area contributed by atoms with Crippen molar-refractivity contribution in [1.82, 2.24) is 19.4 Å². The number of rotatable bonds is 4. The van der Waals surface area contributed by atoms with E-state index < -0.39 is 0 Å². The first-order chi connectivity index (χ1) is 11.7. The zero-order valence-corrected chi connectivity index (χ0v) is 14.7. The molecule has 3 heterocycles. The third-order valence-corrected chi connectivity index (χ3v) is 5.29. The standard InChI is InChI=1S/C18H20N4OS/c1-13-20-15(12-24-13)9-22-11-18-19-6-7-21(18)10-17(22)14-4-3-5-16(8-14)23-2/h3-8,12,17H,9-11H2,1-2H3/t17-/m0/s1. The topological polar surface area (TPSA) is 43.2 Å². The molecule has 5 nitrogen and oxygen atoms in total. The van der Waals surface area contributed by atoms with Crippen LogP contribution in [0.1, 0.15) is 28.1 Å². The largest absolute Gasteiger partial charge is 0.497 e. The van der Waals surface area contributed by atoms with Gasteiger partial charge in [0.2, 0.25) is 0 Å². The Morgan fingerprint density at radius 3 is 3.08 bits per heavy atom. The summed E-state index contributed by atoms with van der Waals surface area (Å²) in [7, 11) is 1.71. The molecule has 0 saturated heterocycles. The molecule has 124 valence electrons. The van der Waals surface area contributed by atoms with Crippen LogP contribution in [0.5, 0.6) is 5.75 Å². The monoisotopic (exact) mass is 340 g/mol. The highest BCUT2D eigenvalue weighted by Gasteiger charge is 2.28. The van der Waals surface area contributed by atoms with Gasteiger partial charge in [0.25, 0.3) is 0 Å².